The van der Waals surface area contributed by atoms with E-state index in [0.29, 0.717) is 18.2 Å². The lowest BCUT2D eigenvalue weighted by atomic mass is 9.82. The lowest BCUT2D eigenvalue weighted by Gasteiger charge is -2.26. The van der Waals surface area contributed by atoms with Crippen molar-refractivity contribution in [2.45, 2.75) is 25.7 Å². The van der Waals surface area contributed by atoms with Gasteiger partial charge in [-0.25, -0.2) is 0 Å². The summed E-state index contributed by atoms with van der Waals surface area (Å²) < 4.78 is 0. The van der Waals surface area contributed by atoms with Crippen molar-refractivity contribution in [3.63, 3.8) is 0 Å². The van der Waals surface area contributed by atoms with Crippen LogP contribution in [0.15, 0.2) is 18.3 Å². The minimum atomic E-state index is -0.691. The molecule has 1 amide bonds. The van der Waals surface area contributed by atoms with E-state index >= 15 is 0 Å². The lowest BCUT2D eigenvalue weighted by molar-refractivity contribution is -0.143. The molecule has 0 atom stereocenters. The molecule has 3 N–H and O–H groups in total. The number of nitrogens with one attached hydrogen (secondary N) is 2. The molecule has 0 aromatic carbocycles. The zero-order chi connectivity index (χ0) is 13.0. The Balaban J connectivity index is 1.72. The predicted molar refractivity (Wildman–Crippen MR) is 66.2 cm³/mol. The summed E-state index contributed by atoms with van der Waals surface area (Å²) in [6.07, 6.45) is 4.91. The van der Waals surface area contributed by atoms with Crippen molar-refractivity contribution in [1.29, 1.82) is 0 Å². The van der Waals surface area contributed by atoms with Crippen LogP contribution in [0, 0.1) is 11.8 Å². The van der Waals surface area contributed by atoms with E-state index in [1.165, 1.54) is 0 Å². The number of carboxylic acid groups (broad SMARTS) is 1. The third kappa shape index (κ3) is 3.12. The largest absolute Gasteiger partial charge is 0.481 e. The van der Waals surface area contributed by atoms with Gasteiger partial charge in [-0.3, -0.25) is 9.59 Å². The van der Waals surface area contributed by atoms with Gasteiger partial charge in [0.05, 0.1) is 5.92 Å². The molecule has 0 spiro atoms. The van der Waals surface area contributed by atoms with E-state index in [1.807, 2.05) is 0 Å². The van der Waals surface area contributed by atoms with E-state index in [4.69, 9.17) is 5.11 Å². The van der Waals surface area contributed by atoms with E-state index < -0.39 is 5.97 Å². The second-order valence-electron chi connectivity index (χ2n) is 4.85. The van der Waals surface area contributed by atoms with Crippen LogP contribution in [-0.4, -0.2) is 28.5 Å². The van der Waals surface area contributed by atoms with E-state index in [2.05, 4.69) is 10.3 Å². The smallest absolute Gasteiger partial charge is 0.306 e. The number of carboxylic acids is 1. The number of hydrogen-bond donors (Lipinski definition) is 3. The third-order valence-corrected chi connectivity index (χ3v) is 3.59. The molecule has 0 radical (unpaired) electrons. The Bertz CT molecular complexity index is 406. The Morgan fingerprint density at radius 3 is 2.61 bits per heavy atom. The summed E-state index contributed by atoms with van der Waals surface area (Å²) in [5.41, 5.74) is 0.564. The van der Waals surface area contributed by atoms with Crippen molar-refractivity contribution < 1.29 is 14.7 Å². The quantitative estimate of drug-likeness (QED) is 0.759. The summed E-state index contributed by atoms with van der Waals surface area (Å²) in [6, 6.07) is 3.52. The molecule has 1 aromatic rings. The number of carbonyl (C=O) groups is 2. The van der Waals surface area contributed by atoms with Crippen LogP contribution in [0.3, 0.4) is 0 Å². The predicted octanol–water partition coefficient (Wildman–Crippen LogP) is 1.64. The van der Waals surface area contributed by atoms with Crippen molar-refractivity contribution in [2.75, 3.05) is 6.54 Å². The Morgan fingerprint density at radius 2 is 2.06 bits per heavy atom. The maximum atomic E-state index is 11.7. The number of aliphatic carboxylic acids is 1. The number of H-pyrrole nitrogens is 1. The van der Waals surface area contributed by atoms with Crippen LogP contribution in [0.1, 0.15) is 36.2 Å². The van der Waals surface area contributed by atoms with Crippen LogP contribution < -0.4 is 5.32 Å². The number of aromatic amines is 1. The molecular weight excluding hydrogens is 232 g/mol. The molecule has 1 aliphatic rings. The second kappa shape index (κ2) is 5.71. The fourth-order valence-electron chi connectivity index (χ4n) is 2.42. The molecule has 1 heterocycles. The van der Waals surface area contributed by atoms with Gasteiger partial charge in [0.15, 0.2) is 0 Å². The molecule has 98 valence electrons. The van der Waals surface area contributed by atoms with E-state index in [1.54, 1.807) is 18.3 Å². The van der Waals surface area contributed by atoms with Gasteiger partial charge in [-0.15, -0.1) is 0 Å². The van der Waals surface area contributed by atoms with Crippen LogP contribution in [0.4, 0.5) is 0 Å². The molecule has 0 unspecified atom stereocenters. The van der Waals surface area contributed by atoms with Crippen LogP contribution in [0.2, 0.25) is 0 Å². The minimum absolute atomic E-state index is 0.0969. The van der Waals surface area contributed by atoms with Gasteiger partial charge in [0.1, 0.15) is 5.69 Å². The first-order chi connectivity index (χ1) is 8.66. The molecule has 0 aliphatic heterocycles. The molecule has 2 rings (SSSR count). The minimum Gasteiger partial charge on any atom is -0.481 e. The molecule has 1 aliphatic carbocycles. The van der Waals surface area contributed by atoms with E-state index in [9.17, 15) is 9.59 Å². The van der Waals surface area contributed by atoms with E-state index in [0.717, 1.165) is 25.7 Å². The van der Waals surface area contributed by atoms with Crippen molar-refractivity contribution in [3.8, 4) is 0 Å². The van der Waals surface area contributed by atoms with Gasteiger partial charge in [-0.05, 0) is 43.7 Å². The van der Waals surface area contributed by atoms with E-state index in [-0.39, 0.29) is 11.8 Å². The topological polar surface area (TPSA) is 82.2 Å². The Morgan fingerprint density at radius 1 is 1.33 bits per heavy atom. The van der Waals surface area contributed by atoms with Gasteiger partial charge >= 0.3 is 5.97 Å². The molecular formula is C13H18N2O3. The zero-order valence-electron chi connectivity index (χ0n) is 10.2. The molecule has 0 bridgehead atoms. The van der Waals surface area contributed by atoms with Crippen LogP contribution >= 0.6 is 0 Å². The lowest BCUT2D eigenvalue weighted by Crippen LogP contribution is -2.32. The summed E-state index contributed by atoms with van der Waals surface area (Å²) in [5.74, 6) is -0.580. The number of hydrogen-bond acceptors (Lipinski definition) is 2. The highest BCUT2D eigenvalue weighted by molar-refractivity contribution is 5.92. The molecule has 1 fully saturated rings. The van der Waals surface area contributed by atoms with Crippen LogP contribution in [0.5, 0.6) is 0 Å². The van der Waals surface area contributed by atoms with Crippen molar-refractivity contribution in [2.24, 2.45) is 11.8 Å². The molecule has 1 aromatic heterocycles. The summed E-state index contributed by atoms with van der Waals surface area (Å²) >= 11 is 0. The summed E-state index contributed by atoms with van der Waals surface area (Å²) in [5, 5.41) is 11.8. The first-order valence-corrected chi connectivity index (χ1v) is 6.31. The van der Waals surface area contributed by atoms with Gasteiger partial charge in [0, 0.05) is 12.7 Å². The summed E-state index contributed by atoms with van der Waals surface area (Å²) in [6.45, 7) is 0.629. The number of aromatic nitrogens is 1. The number of carbonyl (C=O) groups excluding carboxylic acids is 1. The summed E-state index contributed by atoms with van der Waals surface area (Å²) in [4.78, 5) is 25.4. The van der Waals surface area contributed by atoms with Crippen molar-refractivity contribution in [3.05, 3.63) is 24.0 Å². The van der Waals surface area contributed by atoms with Gasteiger partial charge in [-0.2, -0.15) is 0 Å². The Kier molecular flexibility index (Phi) is 4.02. The first kappa shape index (κ1) is 12.7. The first-order valence-electron chi connectivity index (χ1n) is 6.31. The number of rotatable bonds is 4. The molecule has 18 heavy (non-hydrogen) atoms. The van der Waals surface area contributed by atoms with Crippen molar-refractivity contribution in [1.82, 2.24) is 10.3 Å². The standard InChI is InChI=1S/C13H18N2O3/c16-12(11-2-1-7-14-11)15-8-9-3-5-10(6-4-9)13(17)18/h1-2,7,9-10,14H,3-6,8H2,(H,15,16)(H,17,18). The van der Waals surface area contributed by atoms with Gasteiger partial charge < -0.3 is 15.4 Å². The molecule has 5 nitrogen and oxygen atoms in total. The highest BCUT2D eigenvalue weighted by Gasteiger charge is 2.26. The normalized spacial score (nSPS) is 23.6. The summed E-state index contributed by atoms with van der Waals surface area (Å²) in [7, 11) is 0. The fourth-order valence-corrected chi connectivity index (χ4v) is 2.42. The van der Waals surface area contributed by atoms with Gasteiger partial charge in [0.2, 0.25) is 0 Å². The number of amides is 1. The third-order valence-electron chi connectivity index (χ3n) is 3.59. The average Bonchev–Trinajstić information content (AvgIpc) is 2.90. The maximum Gasteiger partial charge on any atom is 0.306 e. The maximum absolute atomic E-state index is 11.7. The highest BCUT2D eigenvalue weighted by Crippen LogP contribution is 2.28. The fraction of sp³-hybridized carbons (Fsp3) is 0.538. The Hall–Kier alpha value is -1.78. The van der Waals surface area contributed by atoms with Gasteiger partial charge in [0.25, 0.3) is 5.91 Å². The van der Waals surface area contributed by atoms with Crippen LogP contribution in [-0.2, 0) is 4.79 Å². The van der Waals surface area contributed by atoms with Gasteiger partial charge in [-0.1, -0.05) is 0 Å². The zero-order valence-corrected chi connectivity index (χ0v) is 10.2. The molecule has 1 saturated carbocycles. The van der Waals surface area contributed by atoms with Crippen LogP contribution in [0.25, 0.3) is 0 Å². The molecule has 5 heteroatoms. The van der Waals surface area contributed by atoms with Crippen molar-refractivity contribution >= 4 is 11.9 Å². The SMILES string of the molecule is O=C(NCC1CCC(C(=O)O)CC1)c1ccc[nH]1. The highest BCUT2D eigenvalue weighted by atomic mass is 16.4. The average molecular weight is 250 g/mol. The molecule has 0 saturated heterocycles. The second-order valence-corrected chi connectivity index (χ2v) is 4.85. The Labute approximate surface area is 106 Å². The monoisotopic (exact) mass is 250 g/mol.